The maximum Gasteiger partial charge on any atom is 0.214 e. The van der Waals surface area contributed by atoms with E-state index in [0.717, 1.165) is 0 Å². The summed E-state index contributed by atoms with van der Waals surface area (Å²) < 4.78 is 30.1. The van der Waals surface area contributed by atoms with Gasteiger partial charge in [0.1, 0.15) is 0 Å². The van der Waals surface area contributed by atoms with Gasteiger partial charge in [-0.25, -0.2) is 12.7 Å². The highest BCUT2D eigenvalue weighted by Crippen LogP contribution is 2.25. The minimum absolute atomic E-state index is 0.0608. The van der Waals surface area contributed by atoms with Crippen LogP contribution < -0.4 is 0 Å². The molecule has 1 aliphatic heterocycles. The number of methoxy groups -OCH3 is 1. The molecule has 5 nitrogen and oxygen atoms in total. The van der Waals surface area contributed by atoms with Crippen LogP contribution in [0.4, 0.5) is 0 Å². The molecule has 2 atom stereocenters. The third-order valence-corrected chi connectivity index (χ3v) is 5.00. The van der Waals surface area contributed by atoms with Crippen LogP contribution >= 0.6 is 0 Å². The number of aliphatic hydroxyl groups is 1. The van der Waals surface area contributed by atoms with Crippen LogP contribution in [0, 0.1) is 11.8 Å². The summed E-state index contributed by atoms with van der Waals surface area (Å²) in [6.07, 6.45) is 0.521. The fourth-order valence-electron chi connectivity index (χ4n) is 1.97. The van der Waals surface area contributed by atoms with Crippen molar-refractivity contribution in [3.05, 3.63) is 0 Å². The van der Waals surface area contributed by atoms with Crippen molar-refractivity contribution in [2.24, 2.45) is 11.8 Å². The van der Waals surface area contributed by atoms with E-state index in [1.54, 1.807) is 7.11 Å². The first-order valence-electron chi connectivity index (χ1n) is 5.59. The Hall–Kier alpha value is -0.170. The smallest absolute Gasteiger partial charge is 0.214 e. The number of hydrogen-bond acceptors (Lipinski definition) is 4. The molecule has 96 valence electrons. The number of aliphatic hydroxyl groups excluding tert-OH is 1. The highest BCUT2D eigenvalue weighted by Gasteiger charge is 2.35. The van der Waals surface area contributed by atoms with E-state index in [4.69, 9.17) is 9.84 Å². The third-order valence-electron chi connectivity index (χ3n) is 3.11. The molecular formula is C10H21NO4S. The molecule has 6 heteroatoms. The van der Waals surface area contributed by atoms with Crippen LogP contribution in [0.1, 0.15) is 13.3 Å². The summed E-state index contributed by atoms with van der Waals surface area (Å²) in [5.41, 5.74) is 0. The molecule has 0 unspecified atom stereocenters. The summed E-state index contributed by atoms with van der Waals surface area (Å²) in [5.74, 6) is 0.450. The van der Waals surface area contributed by atoms with Crippen molar-refractivity contribution in [2.75, 3.05) is 39.2 Å². The molecule has 1 heterocycles. The monoisotopic (exact) mass is 251 g/mol. The summed E-state index contributed by atoms with van der Waals surface area (Å²) in [7, 11) is -1.60. The third kappa shape index (κ3) is 3.41. The Morgan fingerprint density at radius 1 is 1.44 bits per heavy atom. The quantitative estimate of drug-likeness (QED) is 0.670. The minimum Gasteiger partial charge on any atom is -0.396 e. The zero-order valence-electron chi connectivity index (χ0n) is 9.92. The van der Waals surface area contributed by atoms with Gasteiger partial charge in [0.15, 0.2) is 0 Å². The molecule has 0 spiro atoms. The maximum absolute atomic E-state index is 11.9. The number of hydrogen-bond donors (Lipinski definition) is 1. The van der Waals surface area contributed by atoms with Crippen molar-refractivity contribution >= 4 is 10.0 Å². The lowest BCUT2D eigenvalue weighted by molar-refractivity contribution is 0.199. The summed E-state index contributed by atoms with van der Waals surface area (Å²) in [4.78, 5) is 0. The molecule has 0 aromatic rings. The highest BCUT2D eigenvalue weighted by molar-refractivity contribution is 7.89. The molecule has 0 amide bonds. The molecule has 0 aliphatic carbocycles. The first-order chi connectivity index (χ1) is 7.51. The van der Waals surface area contributed by atoms with E-state index in [1.165, 1.54) is 4.31 Å². The van der Waals surface area contributed by atoms with Gasteiger partial charge in [-0.2, -0.15) is 0 Å². The SMILES string of the molecule is COCCCS(=O)(=O)N1C[C@@H](CO)[C@H](C)C1. The van der Waals surface area contributed by atoms with E-state index >= 15 is 0 Å². The molecule has 0 aromatic carbocycles. The highest BCUT2D eigenvalue weighted by atomic mass is 32.2. The van der Waals surface area contributed by atoms with Crippen molar-refractivity contribution < 1.29 is 18.3 Å². The van der Waals surface area contributed by atoms with Gasteiger partial charge < -0.3 is 9.84 Å². The molecular weight excluding hydrogens is 230 g/mol. The molecule has 0 saturated carbocycles. The zero-order valence-corrected chi connectivity index (χ0v) is 10.7. The van der Waals surface area contributed by atoms with Crippen LogP contribution in [0.15, 0.2) is 0 Å². The standard InChI is InChI=1S/C10H21NO4S/c1-9-6-11(7-10(9)8-12)16(13,14)5-3-4-15-2/h9-10,12H,3-8H2,1-2H3/t9-,10+/m1/s1. The van der Waals surface area contributed by atoms with E-state index in [2.05, 4.69) is 0 Å². The maximum atomic E-state index is 11.9. The predicted octanol–water partition coefficient (Wildman–Crippen LogP) is -0.0871. The van der Waals surface area contributed by atoms with Crippen LogP contribution in [0.5, 0.6) is 0 Å². The lowest BCUT2D eigenvalue weighted by Gasteiger charge is -2.15. The van der Waals surface area contributed by atoms with Gasteiger partial charge in [-0.15, -0.1) is 0 Å². The number of rotatable bonds is 6. The number of ether oxygens (including phenoxy) is 1. The van der Waals surface area contributed by atoms with Gasteiger partial charge in [-0.3, -0.25) is 0 Å². The van der Waals surface area contributed by atoms with Crippen LogP contribution in [0.3, 0.4) is 0 Å². The molecule has 0 radical (unpaired) electrons. The Morgan fingerprint density at radius 3 is 2.62 bits per heavy atom. The van der Waals surface area contributed by atoms with Gasteiger partial charge in [-0.1, -0.05) is 6.92 Å². The minimum atomic E-state index is -3.17. The summed E-state index contributed by atoms with van der Waals surface area (Å²) in [5, 5.41) is 9.09. The predicted molar refractivity (Wildman–Crippen MR) is 61.6 cm³/mol. The molecule has 0 bridgehead atoms. The number of nitrogens with zero attached hydrogens (tertiary/aromatic N) is 1. The fourth-order valence-corrected chi connectivity index (χ4v) is 3.59. The summed E-state index contributed by atoms with van der Waals surface area (Å²) >= 11 is 0. The van der Waals surface area contributed by atoms with Gasteiger partial charge in [0.2, 0.25) is 10.0 Å². The van der Waals surface area contributed by atoms with Crippen LogP contribution in [-0.2, 0) is 14.8 Å². The molecule has 1 saturated heterocycles. The van der Waals surface area contributed by atoms with Crippen molar-refractivity contribution in [3.63, 3.8) is 0 Å². The average Bonchev–Trinajstić information content (AvgIpc) is 2.60. The van der Waals surface area contributed by atoms with E-state index in [0.29, 0.717) is 26.1 Å². The van der Waals surface area contributed by atoms with Gasteiger partial charge in [0.05, 0.1) is 5.75 Å². The second-order valence-electron chi connectivity index (χ2n) is 4.40. The van der Waals surface area contributed by atoms with E-state index < -0.39 is 10.0 Å². The lowest BCUT2D eigenvalue weighted by atomic mass is 10.00. The first kappa shape index (κ1) is 13.9. The van der Waals surface area contributed by atoms with Crippen LogP contribution in [-0.4, -0.2) is 57.0 Å². The average molecular weight is 251 g/mol. The normalized spacial score (nSPS) is 27.4. The fraction of sp³-hybridized carbons (Fsp3) is 1.00. The van der Waals surface area contributed by atoms with Gasteiger partial charge in [-0.05, 0) is 18.3 Å². The van der Waals surface area contributed by atoms with Crippen molar-refractivity contribution in [1.82, 2.24) is 4.31 Å². The molecule has 1 N–H and O–H groups in total. The first-order valence-corrected chi connectivity index (χ1v) is 7.19. The van der Waals surface area contributed by atoms with E-state index in [-0.39, 0.29) is 24.2 Å². The van der Waals surface area contributed by atoms with Gasteiger partial charge in [0.25, 0.3) is 0 Å². The zero-order chi connectivity index (χ0) is 12.2. The van der Waals surface area contributed by atoms with Gasteiger partial charge >= 0.3 is 0 Å². The summed E-state index contributed by atoms with van der Waals surface area (Å²) in [6.45, 7) is 3.48. The van der Waals surface area contributed by atoms with Crippen molar-refractivity contribution in [3.8, 4) is 0 Å². The Labute approximate surface area is 97.4 Å². The lowest BCUT2D eigenvalue weighted by Crippen LogP contribution is -2.31. The van der Waals surface area contributed by atoms with E-state index in [9.17, 15) is 8.42 Å². The van der Waals surface area contributed by atoms with Crippen molar-refractivity contribution in [2.45, 2.75) is 13.3 Å². The molecule has 16 heavy (non-hydrogen) atoms. The Morgan fingerprint density at radius 2 is 2.12 bits per heavy atom. The second-order valence-corrected chi connectivity index (χ2v) is 6.49. The summed E-state index contributed by atoms with van der Waals surface area (Å²) in [6, 6.07) is 0. The molecule has 1 fully saturated rings. The van der Waals surface area contributed by atoms with Crippen LogP contribution in [0.25, 0.3) is 0 Å². The number of sulfonamides is 1. The van der Waals surface area contributed by atoms with E-state index in [1.807, 2.05) is 6.92 Å². The Kier molecular flexibility index (Phi) is 5.17. The Balaban J connectivity index is 2.51. The molecule has 0 aromatic heterocycles. The Bertz CT molecular complexity index is 304. The molecule has 1 rings (SSSR count). The largest absolute Gasteiger partial charge is 0.396 e. The molecule has 1 aliphatic rings. The van der Waals surface area contributed by atoms with Crippen LogP contribution in [0.2, 0.25) is 0 Å². The van der Waals surface area contributed by atoms with Gasteiger partial charge in [0, 0.05) is 33.4 Å². The van der Waals surface area contributed by atoms with Crippen molar-refractivity contribution in [1.29, 1.82) is 0 Å². The second kappa shape index (κ2) is 5.95. The topological polar surface area (TPSA) is 66.8 Å².